The van der Waals surface area contributed by atoms with E-state index in [0.717, 1.165) is 11.1 Å². The monoisotopic (exact) mass is 224 g/mol. The molecule has 0 spiro atoms. The Labute approximate surface area is 91.6 Å². The third kappa shape index (κ3) is 1.80. The summed E-state index contributed by atoms with van der Waals surface area (Å²) in [4.78, 5) is 22.3. The molecule has 0 bridgehead atoms. The maximum absolute atomic E-state index is 11.4. The number of aryl methyl sites for hydroxylation is 1. The second-order valence-corrected chi connectivity index (χ2v) is 3.81. The molecule has 0 saturated carbocycles. The predicted octanol–water partition coefficient (Wildman–Crippen LogP) is 1.53. The normalized spacial score (nSPS) is 20.0. The molecule has 5 heteroatoms. The van der Waals surface area contributed by atoms with Crippen molar-refractivity contribution in [2.75, 3.05) is 0 Å². The summed E-state index contributed by atoms with van der Waals surface area (Å²) in [5.41, 5.74) is 1.61. The van der Waals surface area contributed by atoms with Crippen LogP contribution in [-0.4, -0.2) is 11.9 Å². The van der Waals surface area contributed by atoms with Gasteiger partial charge in [-0.15, -0.1) is 0 Å². The fourth-order valence-corrected chi connectivity index (χ4v) is 1.62. The van der Waals surface area contributed by atoms with Gasteiger partial charge in [0.15, 0.2) is 0 Å². The second-order valence-electron chi connectivity index (χ2n) is 3.40. The highest BCUT2D eigenvalue weighted by atomic mass is 35.5. The summed E-state index contributed by atoms with van der Waals surface area (Å²) in [6.07, 6.45) is 0. The van der Waals surface area contributed by atoms with E-state index in [4.69, 9.17) is 11.6 Å². The third-order valence-corrected chi connectivity index (χ3v) is 2.71. The maximum atomic E-state index is 11.4. The van der Waals surface area contributed by atoms with Crippen molar-refractivity contribution < 1.29 is 9.59 Å². The zero-order valence-electron chi connectivity index (χ0n) is 8.00. The van der Waals surface area contributed by atoms with Crippen LogP contribution in [0, 0.1) is 6.92 Å². The van der Waals surface area contributed by atoms with E-state index in [0.29, 0.717) is 5.02 Å². The van der Waals surface area contributed by atoms with E-state index in [1.807, 2.05) is 6.92 Å². The molecule has 3 amide bonds. The van der Waals surface area contributed by atoms with Crippen molar-refractivity contribution in [1.82, 2.24) is 10.6 Å². The summed E-state index contributed by atoms with van der Waals surface area (Å²) in [7, 11) is 0. The highest BCUT2D eigenvalue weighted by Crippen LogP contribution is 2.22. The van der Waals surface area contributed by atoms with Crippen LogP contribution in [0.2, 0.25) is 5.02 Å². The van der Waals surface area contributed by atoms with E-state index in [-0.39, 0.29) is 5.91 Å². The summed E-state index contributed by atoms with van der Waals surface area (Å²) in [6, 6.07) is 4.17. The van der Waals surface area contributed by atoms with Gasteiger partial charge in [-0.05, 0) is 24.1 Å². The van der Waals surface area contributed by atoms with Gasteiger partial charge in [-0.2, -0.15) is 0 Å². The molecule has 1 aliphatic heterocycles. The van der Waals surface area contributed by atoms with Crippen LogP contribution in [-0.2, 0) is 4.79 Å². The molecule has 1 fully saturated rings. The molecule has 0 aromatic heterocycles. The van der Waals surface area contributed by atoms with Crippen molar-refractivity contribution >= 4 is 23.5 Å². The maximum Gasteiger partial charge on any atom is 0.322 e. The average Bonchev–Trinajstić information content (AvgIpc) is 2.50. The molecule has 15 heavy (non-hydrogen) atoms. The van der Waals surface area contributed by atoms with E-state index in [2.05, 4.69) is 10.6 Å². The number of amides is 3. The highest BCUT2D eigenvalue weighted by molar-refractivity contribution is 6.31. The van der Waals surface area contributed by atoms with Gasteiger partial charge in [-0.3, -0.25) is 10.1 Å². The number of rotatable bonds is 1. The molecule has 1 saturated heterocycles. The average molecular weight is 225 g/mol. The van der Waals surface area contributed by atoms with Gasteiger partial charge in [0.1, 0.15) is 6.04 Å². The van der Waals surface area contributed by atoms with E-state index in [9.17, 15) is 9.59 Å². The van der Waals surface area contributed by atoms with Crippen molar-refractivity contribution in [2.45, 2.75) is 13.0 Å². The Morgan fingerprint density at radius 3 is 2.60 bits per heavy atom. The molecule has 0 radical (unpaired) electrons. The molecule has 2 rings (SSSR count). The molecule has 4 nitrogen and oxygen atoms in total. The summed E-state index contributed by atoms with van der Waals surface area (Å²) >= 11 is 5.86. The van der Waals surface area contributed by atoms with Crippen molar-refractivity contribution in [2.24, 2.45) is 0 Å². The molecule has 78 valence electrons. The minimum Gasteiger partial charge on any atom is -0.322 e. The van der Waals surface area contributed by atoms with Crippen molar-refractivity contribution in [1.29, 1.82) is 0 Å². The van der Waals surface area contributed by atoms with Gasteiger partial charge in [0, 0.05) is 5.02 Å². The minimum absolute atomic E-state index is 0.332. The third-order valence-electron chi connectivity index (χ3n) is 2.29. The number of hydrogen-bond acceptors (Lipinski definition) is 2. The van der Waals surface area contributed by atoms with Crippen LogP contribution in [0.4, 0.5) is 4.79 Å². The first kappa shape index (κ1) is 9.98. The van der Waals surface area contributed by atoms with Gasteiger partial charge in [-0.1, -0.05) is 23.7 Å². The van der Waals surface area contributed by atoms with E-state index >= 15 is 0 Å². The van der Waals surface area contributed by atoms with Gasteiger partial charge < -0.3 is 5.32 Å². The predicted molar refractivity (Wildman–Crippen MR) is 55.6 cm³/mol. The van der Waals surface area contributed by atoms with Crippen LogP contribution in [0.25, 0.3) is 0 Å². The smallest absolute Gasteiger partial charge is 0.322 e. The van der Waals surface area contributed by atoms with Crippen LogP contribution < -0.4 is 10.6 Å². The molecule has 1 aromatic rings. The molecule has 1 aliphatic rings. The Morgan fingerprint density at radius 2 is 2.07 bits per heavy atom. The van der Waals surface area contributed by atoms with Crippen LogP contribution in [0.5, 0.6) is 0 Å². The quantitative estimate of drug-likeness (QED) is 0.711. The zero-order valence-corrected chi connectivity index (χ0v) is 8.76. The largest absolute Gasteiger partial charge is 0.322 e. The van der Waals surface area contributed by atoms with Crippen molar-refractivity contribution in [3.8, 4) is 0 Å². The Kier molecular flexibility index (Phi) is 2.36. The number of benzene rings is 1. The van der Waals surface area contributed by atoms with Gasteiger partial charge >= 0.3 is 6.03 Å². The highest BCUT2D eigenvalue weighted by Gasteiger charge is 2.30. The Balaban J connectivity index is 2.34. The summed E-state index contributed by atoms with van der Waals surface area (Å²) in [5, 5.41) is 5.34. The number of carbonyl (C=O) groups is 2. The number of hydrogen-bond donors (Lipinski definition) is 2. The Bertz CT molecular complexity index is 445. The summed E-state index contributed by atoms with van der Waals surface area (Å²) < 4.78 is 0. The molecule has 1 atom stereocenters. The number of imide groups is 1. The minimum atomic E-state index is -0.603. The fourth-order valence-electron chi connectivity index (χ4n) is 1.50. The molecular weight excluding hydrogens is 216 g/mol. The number of halogens is 1. The number of nitrogens with one attached hydrogen (secondary N) is 2. The van der Waals surface area contributed by atoms with Crippen molar-refractivity contribution in [3.63, 3.8) is 0 Å². The van der Waals surface area contributed by atoms with Gasteiger partial charge in [0.2, 0.25) is 0 Å². The van der Waals surface area contributed by atoms with E-state index in [1.165, 1.54) is 0 Å². The molecule has 0 aliphatic carbocycles. The van der Waals surface area contributed by atoms with Gasteiger partial charge in [0.05, 0.1) is 0 Å². The first-order valence-electron chi connectivity index (χ1n) is 4.45. The standard InChI is InChI=1S/C10H9ClN2O2/c1-5-4-6(2-3-7(5)11)8-9(14)13-10(15)12-8/h2-4,8H,1H3,(H2,12,13,14,15)/t8-/m0/s1. The summed E-state index contributed by atoms with van der Waals surface area (Å²) in [5.74, 6) is -0.332. The lowest BCUT2D eigenvalue weighted by atomic mass is 10.0. The lowest BCUT2D eigenvalue weighted by Gasteiger charge is -2.08. The summed E-state index contributed by atoms with van der Waals surface area (Å²) in [6.45, 7) is 1.85. The number of carbonyl (C=O) groups excluding carboxylic acids is 2. The van der Waals surface area contributed by atoms with Gasteiger partial charge in [0.25, 0.3) is 5.91 Å². The lowest BCUT2D eigenvalue weighted by Crippen LogP contribution is -2.22. The van der Waals surface area contributed by atoms with Crippen LogP contribution in [0.1, 0.15) is 17.2 Å². The van der Waals surface area contributed by atoms with E-state index in [1.54, 1.807) is 18.2 Å². The molecule has 1 heterocycles. The first-order chi connectivity index (χ1) is 7.08. The first-order valence-corrected chi connectivity index (χ1v) is 4.83. The SMILES string of the molecule is Cc1cc([C@@H]2NC(=O)NC2=O)ccc1Cl. The number of urea groups is 1. The topological polar surface area (TPSA) is 58.2 Å². The van der Waals surface area contributed by atoms with Gasteiger partial charge in [-0.25, -0.2) is 4.79 Å². The van der Waals surface area contributed by atoms with Crippen LogP contribution >= 0.6 is 11.6 Å². The molecule has 0 unspecified atom stereocenters. The molecule has 1 aromatic carbocycles. The zero-order chi connectivity index (χ0) is 11.0. The second kappa shape index (κ2) is 3.55. The van der Waals surface area contributed by atoms with Crippen molar-refractivity contribution in [3.05, 3.63) is 34.3 Å². The molecule has 2 N–H and O–H groups in total. The van der Waals surface area contributed by atoms with Crippen LogP contribution in [0.15, 0.2) is 18.2 Å². The Hall–Kier alpha value is -1.55. The van der Waals surface area contributed by atoms with Crippen LogP contribution in [0.3, 0.4) is 0 Å². The Morgan fingerprint density at radius 1 is 1.33 bits per heavy atom. The van der Waals surface area contributed by atoms with E-state index < -0.39 is 12.1 Å². The fraction of sp³-hybridized carbons (Fsp3) is 0.200. The lowest BCUT2D eigenvalue weighted by molar-refractivity contribution is -0.120. The molecular formula is C10H9ClN2O2.